The van der Waals surface area contributed by atoms with Crippen molar-refractivity contribution in [2.24, 2.45) is 5.92 Å². The summed E-state index contributed by atoms with van der Waals surface area (Å²) in [5.74, 6) is 2.12. The summed E-state index contributed by atoms with van der Waals surface area (Å²) >= 11 is 0. The summed E-state index contributed by atoms with van der Waals surface area (Å²) in [7, 11) is 5.55. The molecule has 7 heteroatoms. The minimum absolute atomic E-state index is 0.210. The van der Waals surface area contributed by atoms with Crippen molar-refractivity contribution in [1.82, 2.24) is 15.0 Å². The summed E-state index contributed by atoms with van der Waals surface area (Å²) in [6, 6.07) is 0. The molecule has 0 aliphatic carbocycles. The number of nitrogens with zero attached hydrogens (tertiary/aromatic N) is 4. The van der Waals surface area contributed by atoms with Crippen LogP contribution in [0, 0.1) is 5.92 Å². The fraction of sp³-hybridized carbons (Fsp3) is 0.750. The van der Waals surface area contributed by atoms with Gasteiger partial charge in [0.05, 0.1) is 0 Å². The molecule has 0 spiro atoms. The van der Waals surface area contributed by atoms with Crippen LogP contribution in [-0.4, -0.2) is 54.4 Å². The summed E-state index contributed by atoms with van der Waals surface area (Å²) in [5.41, 5.74) is 0. The van der Waals surface area contributed by atoms with Crippen LogP contribution in [0.3, 0.4) is 0 Å². The Morgan fingerprint density at radius 1 is 1.21 bits per heavy atom. The molecule has 0 saturated heterocycles. The molecule has 0 saturated carbocycles. The van der Waals surface area contributed by atoms with Gasteiger partial charge in [-0.3, -0.25) is 0 Å². The van der Waals surface area contributed by atoms with Crippen LogP contribution in [0.2, 0.25) is 0 Å². The molecule has 7 nitrogen and oxygen atoms in total. The lowest BCUT2D eigenvalue weighted by atomic mass is 10.0. The molecule has 19 heavy (non-hydrogen) atoms. The van der Waals surface area contributed by atoms with E-state index in [4.69, 9.17) is 5.11 Å². The molecule has 0 bridgehead atoms. The predicted molar refractivity (Wildman–Crippen MR) is 77.7 cm³/mol. The van der Waals surface area contributed by atoms with E-state index in [1.807, 2.05) is 19.0 Å². The zero-order chi connectivity index (χ0) is 14.3. The van der Waals surface area contributed by atoms with E-state index in [9.17, 15) is 0 Å². The normalized spacial score (nSPS) is 12.1. The standard InChI is InChI=1S/C12H24N6O/c1-5-9(6-7-19)8-14-11-15-10(13-2)16-12(17-11)18(3)4/h9,19H,5-8H2,1-4H3,(H2,13,14,15,16,17). The van der Waals surface area contributed by atoms with Gasteiger partial charge in [-0.2, -0.15) is 15.0 Å². The fourth-order valence-electron chi connectivity index (χ4n) is 1.62. The first-order chi connectivity index (χ1) is 9.10. The third kappa shape index (κ3) is 4.86. The molecule has 1 heterocycles. The van der Waals surface area contributed by atoms with Gasteiger partial charge < -0.3 is 20.6 Å². The van der Waals surface area contributed by atoms with Gasteiger partial charge in [-0.1, -0.05) is 13.3 Å². The van der Waals surface area contributed by atoms with Crippen molar-refractivity contribution >= 4 is 17.8 Å². The summed E-state index contributed by atoms with van der Waals surface area (Å²) in [4.78, 5) is 14.7. The third-order valence-electron chi connectivity index (χ3n) is 2.91. The van der Waals surface area contributed by atoms with Gasteiger partial charge in [0, 0.05) is 34.3 Å². The van der Waals surface area contributed by atoms with Crippen LogP contribution < -0.4 is 15.5 Å². The molecule has 1 unspecified atom stereocenters. The van der Waals surface area contributed by atoms with Crippen molar-refractivity contribution in [3.63, 3.8) is 0 Å². The Labute approximate surface area is 114 Å². The second kappa shape index (κ2) is 7.73. The van der Waals surface area contributed by atoms with Crippen molar-refractivity contribution in [2.45, 2.75) is 19.8 Å². The van der Waals surface area contributed by atoms with E-state index in [0.717, 1.165) is 19.4 Å². The van der Waals surface area contributed by atoms with Crippen molar-refractivity contribution < 1.29 is 5.11 Å². The first-order valence-corrected chi connectivity index (χ1v) is 6.56. The van der Waals surface area contributed by atoms with Gasteiger partial charge in [0.25, 0.3) is 0 Å². The molecule has 0 aliphatic heterocycles. The van der Waals surface area contributed by atoms with Gasteiger partial charge in [-0.25, -0.2) is 0 Å². The van der Waals surface area contributed by atoms with Crippen LogP contribution in [-0.2, 0) is 0 Å². The fourth-order valence-corrected chi connectivity index (χ4v) is 1.62. The molecule has 1 rings (SSSR count). The number of hydrogen-bond donors (Lipinski definition) is 3. The maximum atomic E-state index is 8.98. The zero-order valence-electron chi connectivity index (χ0n) is 12.1. The van der Waals surface area contributed by atoms with Gasteiger partial charge in [-0.05, 0) is 12.3 Å². The number of aliphatic hydroxyl groups is 1. The van der Waals surface area contributed by atoms with Gasteiger partial charge >= 0.3 is 0 Å². The second-order valence-electron chi connectivity index (χ2n) is 4.59. The number of aliphatic hydroxyl groups excluding tert-OH is 1. The average Bonchev–Trinajstić information content (AvgIpc) is 2.42. The van der Waals surface area contributed by atoms with E-state index in [0.29, 0.717) is 23.8 Å². The number of nitrogens with one attached hydrogen (secondary N) is 2. The van der Waals surface area contributed by atoms with Crippen LogP contribution in [0.4, 0.5) is 17.8 Å². The molecule has 1 aromatic heterocycles. The van der Waals surface area contributed by atoms with Gasteiger partial charge in [0.1, 0.15) is 0 Å². The Morgan fingerprint density at radius 3 is 2.42 bits per heavy atom. The highest BCUT2D eigenvalue weighted by atomic mass is 16.3. The quantitative estimate of drug-likeness (QED) is 0.643. The number of rotatable bonds is 8. The highest BCUT2D eigenvalue weighted by molar-refractivity contribution is 5.42. The van der Waals surface area contributed by atoms with E-state index < -0.39 is 0 Å². The average molecular weight is 268 g/mol. The van der Waals surface area contributed by atoms with Crippen molar-refractivity contribution in [3.05, 3.63) is 0 Å². The minimum atomic E-state index is 0.210. The van der Waals surface area contributed by atoms with E-state index >= 15 is 0 Å². The molecule has 0 aromatic carbocycles. The maximum Gasteiger partial charge on any atom is 0.231 e. The topological polar surface area (TPSA) is 86.2 Å². The maximum absolute atomic E-state index is 8.98. The van der Waals surface area contributed by atoms with Gasteiger partial charge in [0.15, 0.2) is 0 Å². The van der Waals surface area contributed by atoms with Crippen molar-refractivity contribution in [3.8, 4) is 0 Å². The molecule has 108 valence electrons. The van der Waals surface area contributed by atoms with E-state index in [2.05, 4.69) is 32.5 Å². The Morgan fingerprint density at radius 2 is 1.89 bits per heavy atom. The number of aromatic nitrogens is 3. The van der Waals surface area contributed by atoms with E-state index in [-0.39, 0.29) is 6.61 Å². The summed E-state index contributed by atoms with van der Waals surface area (Å²) in [6.07, 6.45) is 1.80. The van der Waals surface area contributed by atoms with Crippen LogP contribution in [0.15, 0.2) is 0 Å². The Balaban J connectivity index is 2.73. The highest BCUT2D eigenvalue weighted by Crippen LogP contribution is 2.13. The summed E-state index contributed by atoms with van der Waals surface area (Å²) < 4.78 is 0. The van der Waals surface area contributed by atoms with Crippen LogP contribution >= 0.6 is 0 Å². The third-order valence-corrected chi connectivity index (χ3v) is 2.91. The van der Waals surface area contributed by atoms with Crippen molar-refractivity contribution in [1.29, 1.82) is 0 Å². The first-order valence-electron chi connectivity index (χ1n) is 6.56. The van der Waals surface area contributed by atoms with Gasteiger partial charge in [-0.15, -0.1) is 0 Å². The molecule has 0 amide bonds. The lowest BCUT2D eigenvalue weighted by Gasteiger charge is -2.16. The molecule has 1 aromatic rings. The first kappa shape index (κ1) is 15.4. The molecular formula is C12H24N6O. The second-order valence-corrected chi connectivity index (χ2v) is 4.59. The molecule has 0 fully saturated rings. The summed E-state index contributed by atoms with van der Waals surface area (Å²) in [5, 5.41) is 15.1. The van der Waals surface area contributed by atoms with Crippen LogP contribution in [0.1, 0.15) is 19.8 Å². The SMILES string of the molecule is CCC(CCO)CNc1nc(NC)nc(N(C)C)n1. The van der Waals surface area contributed by atoms with Crippen LogP contribution in [0.25, 0.3) is 0 Å². The Bertz CT molecular complexity index is 384. The van der Waals surface area contributed by atoms with Gasteiger partial charge in [0.2, 0.25) is 17.8 Å². The summed E-state index contributed by atoms with van der Waals surface area (Å²) in [6.45, 7) is 3.07. The Kier molecular flexibility index (Phi) is 6.27. The molecule has 1 atom stereocenters. The largest absolute Gasteiger partial charge is 0.396 e. The molecule has 0 radical (unpaired) electrons. The Hall–Kier alpha value is -1.63. The number of hydrogen-bond acceptors (Lipinski definition) is 7. The minimum Gasteiger partial charge on any atom is -0.396 e. The van der Waals surface area contributed by atoms with Crippen LogP contribution in [0.5, 0.6) is 0 Å². The molecule has 3 N–H and O–H groups in total. The van der Waals surface area contributed by atoms with E-state index in [1.165, 1.54) is 0 Å². The monoisotopic (exact) mass is 268 g/mol. The highest BCUT2D eigenvalue weighted by Gasteiger charge is 2.09. The smallest absolute Gasteiger partial charge is 0.231 e. The molecule has 0 aliphatic rings. The molecular weight excluding hydrogens is 244 g/mol. The van der Waals surface area contributed by atoms with Crippen molar-refractivity contribution in [2.75, 3.05) is 49.8 Å². The lowest BCUT2D eigenvalue weighted by molar-refractivity contribution is 0.258. The van der Waals surface area contributed by atoms with E-state index in [1.54, 1.807) is 7.05 Å². The zero-order valence-corrected chi connectivity index (χ0v) is 12.1. The lowest BCUT2D eigenvalue weighted by Crippen LogP contribution is -2.19. The number of anilines is 3. The predicted octanol–water partition coefficient (Wildman–Crippen LogP) is 0.800.